The van der Waals surface area contributed by atoms with Crippen LogP contribution in [0.1, 0.15) is 30.6 Å². The number of carboxylic acids is 1. The van der Waals surface area contributed by atoms with Gasteiger partial charge in [0.1, 0.15) is 16.3 Å². The third kappa shape index (κ3) is 5.04. The Bertz CT molecular complexity index is 472. The summed E-state index contributed by atoms with van der Waals surface area (Å²) in [4.78, 5) is 26.7. The van der Waals surface area contributed by atoms with Crippen molar-refractivity contribution in [2.45, 2.75) is 26.3 Å². The van der Waals surface area contributed by atoms with Gasteiger partial charge in [-0.3, -0.25) is 4.79 Å². The van der Waals surface area contributed by atoms with E-state index < -0.39 is 17.9 Å². The summed E-state index contributed by atoms with van der Waals surface area (Å²) in [5.74, 6) is -1.47. The van der Waals surface area contributed by atoms with Crippen LogP contribution in [0.3, 0.4) is 0 Å². The topological polar surface area (TPSA) is 79.3 Å². The number of amides is 1. The van der Waals surface area contributed by atoms with Crippen LogP contribution < -0.4 is 5.32 Å². The molecule has 5 nitrogen and oxygen atoms in total. The lowest BCUT2D eigenvalue weighted by Gasteiger charge is -2.16. The number of halogens is 2. The first kappa shape index (κ1) is 15.7. The van der Waals surface area contributed by atoms with Crippen LogP contribution in [0.5, 0.6) is 0 Å². The average molecular weight is 305 g/mol. The second-order valence-corrected chi connectivity index (χ2v) is 5.27. The number of nitrogens with zero attached hydrogens (tertiary/aromatic N) is 1. The molecule has 0 saturated heterocycles. The number of nitrogens with one attached hydrogen (secondary N) is 1. The van der Waals surface area contributed by atoms with Gasteiger partial charge in [0.05, 0.1) is 0 Å². The number of carbonyl (C=O) groups excluding carboxylic acids is 1. The first-order valence-electron chi connectivity index (χ1n) is 5.66. The Labute approximate surface area is 120 Å². The van der Waals surface area contributed by atoms with Crippen LogP contribution in [0.2, 0.25) is 10.3 Å². The summed E-state index contributed by atoms with van der Waals surface area (Å²) in [6.45, 7) is 3.75. The van der Waals surface area contributed by atoms with Crippen molar-refractivity contribution in [2.24, 2.45) is 5.92 Å². The number of hydrogen-bond donors (Lipinski definition) is 2. The second-order valence-electron chi connectivity index (χ2n) is 4.50. The van der Waals surface area contributed by atoms with Crippen LogP contribution in [0.15, 0.2) is 12.1 Å². The smallest absolute Gasteiger partial charge is 0.326 e. The molecule has 1 unspecified atom stereocenters. The molecule has 104 valence electrons. The molecule has 1 rings (SSSR count). The summed E-state index contributed by atoms with van der Waals surface area (Å²) >= 11 is 11.4. The molecule has 2 N–H and O–H groups in total. The predicted molar refractivity (Wildman–Crippen MR) is 72.6 cm³/mol. The maximum Gasteiger partial charge on any atom is 0.326 e. The zero-order valence-electron chi connectivity index (χ0n) is 10.5. The van der Waals surface area contributed by atoms with E-state index in [-0.39, 0.29) is 21.8 Å². The van der Waals surface area contributed by atoms with Gasteiger partial charge >= 0.3 is 5.97 Å². The van der Waals surface area contributed by atoms with Gasteiger partial charge in [0.25, 0.3) is 5.91 Å². The van der Waals surface area contributed by atoms with Crippen LogP contribution in [-0.2, 0) is 4.79 Å². The van der Waals surface area contributed by atoms with Crippen LogP contribution in [-0.4, -0.2) is 28.0 Å². The fourth-order valence-corrected chi connectivity index (χ4v) is 1.99. The summed E-state index contributed by atoms with van der Waals surface area (Å²) < 4.78 is 0. The lowest BCUT2D eigenvalue weighted by Crippen LogP contribution is -2.41. The van der Waals surface area contributed by atoms with E-state index in [4.69, 9.17) is 28.3 Å². The van der Waals surface area contributed by atoms with E-state index in [1.54, 1.807) is 0 Å². The van der Waals surface area contributed by atoms with Gasteiger partial charge in [0.15, 0.2) is 0 Å². The molecule has 19 heavy (non-hydrogen) atoms. The molecule has 0 radical (unpaired) electrons. The number of carbonyl (C=O) groups is 2. The number of rotatable bonds is 5. The molecule has 0 aliphatic heterocycles. The molecular weight excluding hydrogens is 291 g/mol. The molecule has 0 bridgehead atoms. The van der Waals surface area contributed by atoms with Crippen LogP contribution in [0, 0.1) is 5.92 Å². The first-order valence-corrected chi connectivity index (χ1v) is 6.42. The molecule has 1 aromatic rings. The molecule has 7 heteroatoms. The summed E-state index contributed by atoms with van der Waals surface area (Å²) in [5.41, 5.74) is 0.181. The van der Waals surface area contributed by atoms with Gasteiger partial charge in [-0.15, -0.1) is 0 Å². The van der Waals surface area contributed by atoms with E-state index in [9.17, 15) is 9.59 Å². The molecule has 0 saturated carbocycles. The monoisotopic (exact) mass is 304 g/mol. The van der Waals surface area contributed by atoms with Crippen LogP contribution >= 0.6 is 23.2 Å². The fourth-order valence-electron chi connectivity index (χ4n) is 1.53. The molecule has 0 fully saturated rings. The normalized spacial score (nSPS) is 12.3. The largest absolute Gasteiger partial charge is 0.480 e. The third-order valence-corrected chi connectivity index (χ3v) is 2.72. The minimum Gasteiger partial charge on any atom is -0.480 e. The summed E-state index contributed by atoms with van der Waals surface area (Å²) in [6.07, 6.45) is 0.341. The number of hydrogen-bond acceptors (Lipinski definition) is 3. The minimum absolute atomic E-state index is 0.0772. The van der Waals surface area contributed by atoms with Crippen LogP contribution in [0.4, 0.5) is 0 Å². The van der Waals surface area contributed by atoms with E-state index in [1.165, 1.54) is 12.1 Å². The second kappa shape index (κ2) is 6.73. The highest BCUT2D eigenvalue weighted by atomic mass is 35.5. The Morgan fingerprint density at radius 3 is 2.26 bits per heavy atom. The average Bonchev–Trinajstić information content (AvgIpc) is 2.25. The highest BCUT2D eigenvalue weighted by molar-refractivity contribution is 6.33. The summed E-state index contributed by atoms with van der Waals surface area (Å²) in [7, 11) is 0. The Balaban J connectivity index is 2.84. The highest BCUT2D eigenvalue weighted by Crippen LogP contribution is 2.15. The molecule has 1 aromatic heterocycles. The van der Waals surface area contributed by atoms with E-state index in [2.05, 4.69) is 10.3 Å². The molecule has 0 aliphatic carbocycles. The highest BCUT2D eigenvalue weighted by Gasteiger charge is 2.22. The first-order chi connectivity index (χ1) is 8.79. The predicted octanol–water partition coefficient (Wildman–Crippen LogP) is 2.62. The van der Waals surface area contributed by atoms with Crippen molar-refractivity contribution in [3.63, 3.8) is 0 Å². The number of aromatic nitrogens is 1. The van der Waals surface area contributed by atoms with E-state index >= 15 is 0 Å². The van der Waals surface area contributed by atoms with E-state index in [0.29, 0.717) is 6.42 Å². The van der Waals surface area contributed by atoms with Crippen molar-refractivity contribution in [3.05, 3.63) is 28.0 Å². The molecular formula is C12H14Cl2N2O3. The molecule has 0 aromatic carbocycles. The number of aliphatic carboxylic acids is 1. The van der Waals surface area contributed by atoms with Crippen LogP contribution in [0.25, 0.3) is 0 Å². The van der Waals surface area contributed by atoms with Gasteiger partial charge < -0.3 is 10.4 Å². The molecule has 1 heterocycles. The van der Waals surface area contributed by atoms with Gasteiger partial charge in [-0.1, -0.05) is 37.0 Å². The fraction of sp³-hybridized carbons (Fsp3) is 0.417. The Kier molecular flexibility index (Phi) is 5.57. The Hall–Kier alpha value is -1.33. The Morgan fingerprint density at radius 1 is 1.32 bits per heavy atom. The van der Waals surface area contributed by atoms with Crippen molar-refractivity contribution in [1.82, 2.24) is 10.3 Å². The van der Waals surface area contributed by atoms with Crippen molar-refractivity contribution in [2.75, 3.05) is 0 Å². The van der Waals surface area contributed by atoms with Crippen molar-refractivity contribution in [3.8, 4) is 0 Å². The maximum atomic E-state index is 11.9. The zero-order chi connectivity index (χ0) is 14.6. The standard InChI is InChI=1S/C12H14Cl2N2O3/c1-6(2)3-8(12(18)19)15-11(17)7-4-9(13)16-10(14)5-7/h4-6,8H,3H2,1-2H3,(H,15,17)(H,18,19). The lowest BCUT2D eigenvalue weighted by molar-refractivity contribution is -0.139. The molecule has 1 atom stereocenters. The molecule has 0 aliphatic rings. The molecule has 0 spiro atoms. The number of pyridine rings is 1. The molecule has 1 amide bonds. The third-order valence-electron chi connectivity index (χ3n) is 2.34. The van der Waals surface area contributed by atoms with E-state index in [0.717, 1.165) is 0 Å². The number of carboxylic acid groups (broad SMARTS) is 1. The van der Waals surface area contributed by atoms with Gasteiger partial charge in [-0.25, -0.2) is 9.78 Å². The van der Waals surface area contributed by atoms with Gasteiger partial charge in [0.2, 0.25) is 0 Å². The minimum atomic E-state index is -1.08. The SMILES string of the molecule is CC(C)CC(NC(=O)c1cc(Cl)nc(Cl)c1)C(=O)O. The van der Waals surface area contributed by atoms with E-state index in [1.807, 2.05) is 13.8 Å². The summed E-state index contributed by atoms with van der Waals surface area (Å²) in [6, 6.07) is 1.71. The van der Waals surface area contributed by atoms with Gasteiger partial charge in [0, 0.05) is 5.56 Å². The van der Waals surface area contributed by atoms with Gasteiger partial charge in [-0.05, 0) is 24.5 Å². The van der Waals surface area contributed by atoms with Crippen molar-refractivity contribution < 1.29 is 14.7 Å². The van der Waals surface area contributed by atoms with Gasteiger partial charge in [-0.2, -0.15) is 0 Å². The van der Waals surface area contributed by atoms with Crippen molar-refractivity contribution in [1.29, 1.82) is 0 Å². The van der Waals surface area contributed by atoms with Crippen molar-refractivity contribution >= 4 is 35.1 Å². The zero-order valence-corrected chi connectivity index (χ0v) is 12.0. The lowest BCUT2D eigenvalue weighted by atomic mass is 10.0. The quantitative estimate of drug-likeness (QED) is 0.820. The maximum absolute atomic E-state index is 11.9. The Morgan fingerprint density at radius 2 is 1.84 bits per heavy atom. The summed E-state index contributed by atoms with van der Waals surface area (Å²) in [5, 5.41) is 11.6.